The zero-order valence-electron chi connectivity index (χ0n) is 12.2. The summed E-state index contributed by atoms with van der Waals surface area (Å²) in [6, 6.07) is 8.32. The summed E-state index contributed by atoms with van der Waals surface area (Å²) in [5, 5.41) is 4.61. The van der Waals surface area contributed by atoms with Crippen molar-refractivity contribution in [3.63, 3.8) is 0 Å². The Morgan fingerprint density at radius 3 is 2.74 bits per heavy atom. The Morgan fingerprint density at radius 1 is 1.21 bits per heavy atom. The van der Waals surface area contributed by atoms with E-state index in [1.807, 2.05) is 12.1 Å². The molecule has 1 N–H and O–H groups in total. The molecule has 1 aromatic heterocycles. The van der Waals surface area contributed by atoms with Crippen LogP contribution < -0.4 is 5.32 Å². The van der Waals surface area contributed by atoms with E-state index in [4.69, 9.17) is 4.42 Å². The number of fused-ring (bicyclic) bond motifs is 1. The fraction of sp³-hybridized carbons (Fsp3) is 0.500. The quantitative estimate of drug-likeness (QED) is 0.827. The highest BCUT2D eigenvalue weighted by Crippen LogP contribution is 2.26. The van der Waals surface area contributed by atoms with Crippen molar-refractivity contribution in [3.8, 4) is 0 Å². The molecule has 0 spiro atoms. The normalized spacial score (nSPS) is 11.6. The van der Waals surface area contributed by atoms with E-state index in [0.717, 1.165) is 37.5 Å². The van der Waals surface area contributed by atoms with E-state index < -0.39 is 0 Å². The zero-order chi connectivity index (χ0) is 13.7. The van der Waals surface area contributed by atoms with Crippen molar-refractivity contribution < 1.29 is 4.42 Å². The summed E-state index contributed by atoms with van der Waals surface area (Å²) < 4.78 is 5.99. The van der Waals surface area contributed by atoms with Crippen LogP contribution in [0.15, 0.2) is 28.7 Å². The first-order valence-electron chi connectivity index (χ1n) is 7.14. The lowest BCUT2D eigenvalue weighted by molar-refractivity contribution is 0.324. The van der Waals surface area contributed by atoms with Gasteiger partial charge in [0, 0.05) is 17.5 Å². The molecule has 1 heterocycles. The Kier molecular flexibility index (Phi) is 5.00. The standard InChI is InChI=1S/C16H24N2O/c1-4-10-18(3)12-14-13-8-6-7-9-15(13)19-16(14)11-17-5-2/h6-9,17H,4-5,10-12H2,1-3H3. The summed E-state index contributed by atoms with van der Waals surface area (Å²) in [5.74, 6) is 1.08. The summed E-state index contributed by atoms with van der Waals surface area (Å²) in [6.07, 6.45) is 1.18. The molecule has 0 atom stereocenters. The van der Waals surface area contributed by atoms with Gasteiger partial charge in [0.2, 0.25) is 0 Å². The van der Waals surface area contributed by atoms with Gasteiger partial charge in [-0.2, -0.15) is 0 Å². The maximum Gasteiger partial charge on any atom is 0.134 e. The SMILES string of the molecule is CCCN(C)Cc1c(CNCC)oc2ccccc12. The predicted molar refractivity (Wildman–Crippen MR) is 80.2 cm³/mol. The fourth-order valence-corrected chi connectivity index (χ4v) is 2.43. The predicted octanol–water partition coefficient (Wildman–Crippen LogP) is 3.38. The number of para-hydroxylation sites is 1. The van der Waals surface area contributed by atoms with E-state index in [-0.39, 0.29) is 0 Å². The first-order chi connectivity index (χ1) is 9.26. The number of rotatable bonds is 7. The molecule has 0 unspecified atom stereocenters. The molecule has 104 valence electrons. The molecule has 0 bridgehead atoms. The second-order valence-corrected chi connectivity index (χ2v) is 5.02. The second kappa shape index (κ2) is 6.73. The van der Waals surface area contributed by atoms with E-state index in [1.165, 1.54) is 17.4 Å². The maximum atomic E-state index is 5.99. The highest BCUT2D eigenvalue weighted by atomic mass is 16.3. The third-order valence-electron chi connectivity index (χ3n) is 3.35. The lowest BCUT2D eigenvalue weighted by Gasteiger charge is -2.15. The minimum atomic E-state index is 0.806. The zero-order valence-corrected chi connectivity index (χ0v) is 12.2. The molecule has 3 heteroatoms. The van der Waals surface area contributed by atoms with Gasteiger partial charge in [0.1, 0.15) is 11.3 Å². The maximum absolute atomic E-state index is 5.99. The van der Waals surface area contributed by atoms with Gasteiger partial charge in [0.05, 0.1) is 6.54 Å². The first-order valence-corrected chi connectivity index (χ1v) is 7.14. The van der Waals surface area contributed by atoms with Gasteiger partial charge in [-0.15, -0.1) is 0 Å². The van der Waals surface area contributed by atoms with Gasteiger partial charge in [0.25, 0.3) is 0 Å². The van der Waals surface area contributed by atoms with Crippen LogP contribution in [0.4, 0.5) is 0 Å². The highest BCUT2D eigenvalue weighted by Gasteiger charge is 2.14. The van der Waals surface area contributed by atoms with Crippen molar-refractivity contribution in [3.05, 3.63) is 35.6 Å². The third-order valence-corrected chi connectivity index (χ3v) is 3.35. The molecule has 2 rings (SSSR count). The second-order valence-electron chi connectivity index (χ2n) is 5.02. The van der Waals surface area contributed by atoms with E-state index in [1.54, 1.807) is 0 Å². The number of hydrogen-bond acceptors (Lipinski definition) is 3. The smallest absolute Gasteiger partial charge is 0.134 e. The van der Waals surface area contributed by atoms with E-state index in [0.29, 0.717) is 0 Å². The molecule has 0 amide bonds. The molecular formula is C16H24N2O. The Morgan fingerprint density at radius 2 is 2.00 bits per heavy atom. The number of nitrogens with one attached hydrogen (secondary N) is 1. The average Bonchev–Trinajstić information content (AvgIpc) is 2.75. The molecule has 2 aromatic rings. The van der Waals surface area contributed by atoms with Crippen LogP contribution in [0.5, 0.6) is 0 Å². The van der Waals surface area contributed by atoms with Gasteiger partial charge in [-0.1, -0.05) is 32.0 Å². The average molecular weight is 260 g/mol. The van der Waals surface area contributed by atoms with Crippen molar-refractivity contribution in [2.45, 2.75) is 33.4 Å². The number of nitrogens with zero attached hydrogens (tertiary/aromatic N) is 1. The van der Waals surface area contributed by atoms with E-state index in [2.05, 4.69) is 43.2 Å². The summed E-state index contributed by atoms with van der Waals surface area (Å²) in [5.41, 5.74) is 2.32. The van der Waals surface area contributed by atoms with Gasteiger partial charge in [-0.3, -0.25) is 0 Å². The Balaban J connectivity index is 2.30. The van der Waals surface area contributed by atoms with Crippen LogP contribution in [0.1, 0.15) is 31.6 Å². The third kappa shape index (κ3) is 3.37. The van der Waals surface area contributed by atoms with E-state index >= 15 is 0 Å². The van der Waals surface area contributed by atoms with Gasteiger partial charge >= 0.3 is 0 Å². The van der Waals surface area contributed by atoms with Crippen molar-refractivity contribution >= 4 is 11.0 Å². The monoisotopic (exact) mass is 260 g/mol. The molecule has 0 fully saturated rings. The summed E-state index contributed by atoms with van der Waals surface area (Å²) in [6.45, 7) is 8.16. The van der Waals surface area contributed by atoms with Crippen molar-refractivity contribution in [1.82, 2.24) is 10.2 Å². The van der Waals surface area contributed by atoms with Crippen LogP contribution in [-0.2, 0) is 13.1 Å². The molecule has 1 aromatic carbocycles. The molecule has 0 radical (unpaired) electrons. The number of furan rings is 1. The van der Waals surface area contributed by atoms with Gasteiger partial charge in [0.15, 0.2) is 0 Å². The fourth-order valence-electron chi connectivity index (χ4n) is 2.43. The molecule has 0 aliphatic heterocycles. The largest absolute Gasteiger partial charge is 0.459 e. The van der Waals surface area contributed by atoms with Gasteiger partial charge in [-0.05, 0) is 32.6 Å². The van der Waals surface area contributed by atoms with Crippen LogP contribution in [0, 0.1) is 0 Å². The molecule has 0 saturated heterocycles. The molecular weight excluding hydrogens is 236 g/mol. The van der Waals surface area contributed by atoms with Crippen molar-refractivity contribution in [2.24, 2.45) is 0 Å². The summed E-state index contributed by atoms with van der Waals surface area (Å²) in [7, 11) is 2.17. The van der Waals surface area contributed by atoms with Crippen molar-refractivity contribution in [2.75, 3.05) is 20.1 Å². The lowest BCUT2D eigenvalue weighted by Crippen LogP contribution is -2.20. The molecule has 19 heavy (non-hydrogen) atoms. The summed E-state index contributed by atoms with van der Waals surface area (Å²) in [4.78, 5) is 2.35. The molecule has 0 aliphatic carbocycles. The van der Waals surface area contributed by atoms with Crippen LogP contribution in [0.3, 0.4) is 0 Å². The Hall–Kier alpha value is -1.32. The summed E-state index contributed by atoms with van der Waals surface area (Å²) >= 11 is 0. The lowest BCUT2D eigenvalue weighted by atomic mass is 10.1. The van der Waals surface area contributed by atoms with Gasteiger partial charge in [-0.25, -0.2) is 0 Å². The highest BCUT2D eigenvalue weighted by molar-refractivity contribution is 5.82. The minimum Gasteiger partial charge on any atom is -0.459 e. The molecule has 0 saturated carbocycles. The molecule has 0 aliphatic rings. The molecule has 3 nitrogen and oxygen atoms in total. The van der Waals surface area contributed by atoms with Crippen LogP contribution in [0.25, 0.3) is 11.0 Å². The Labute approximate surface area is 115 Å². The van der Waals surface area contributed by atoms with Crippen molar-refractivity contribution in [1.29, 1.82) is 0 Å². The van der Waals surface area contributed by atoms with Gasteiger partial charge < -0.3 is 14.6 Å². The van der Waals surface area contributed by atoms with Crippen LogP contribution >= 0.6 is 0 Å². The minimum absolute atomic E-state index is 0.806. The topological polar surface area (TPSA) is 28.4 Å². The number of benzene rings is 1. The number of hydrogen-bond donors (Lipinski definition) is 1. The first kappa shape index (κ1) is 14.1. The van der Waals surface area contributed by atoms with E-state index in [9.17, 15) is 0 Å². The Bertz CT molecular complexity index is 518. The van der Waals surface area contributed by atoms with Crippen LogP contribution in [0.2, 0.25) is 0 Å². The van der Waals surface area contributed by atoms with Crippen LogP contribution in [-0.4, -0.2) is 25.0 Å².